The summed E-state index contributed by atoms with van der Waals surface area (Å²) in [5, 5.41) is 12.1. The molecule has 0 heterocycles. The van der Waals surface area contributed by atoms with Crippen LogP contribution >= 0.6 is 0 Å². The van der Waals surface area contributed by atoms with Gasteiger partial charge in [0, 0.05) is 29.0 Å². The van der Waals surface area contributed by atoms with E-state index in [2.05, 4.69) is 5.32 Å². The number of benzene rings is 2. The highest BCUT2D eigenvalue weighted by atomic mass is 16.4. The van der Waals surface area contributed by atoms with Crippen LogP contribution in [-0.2, 0) is 6.54 Å². The molecular formula is C19H23N3O3. The van der Waals surface area contributed by atoms with Crippen LogP contribution in [-0.4, -0.2) is 27.5 Å². The number of nitrogens with two attached hydrogens (primary N) is 1. The summed E-state index contributed by atoms with van der Waals surface area (Å²) in [6.45, 7) is 5.79. The number of nitrogens with zero attached hydrogens (tertiary/aromatic N) is 1. The Morgan fingerprint density at radius 2 is 1.60 bits per heavy atom. The molecule has 0 atom stereocenters. The maximum Gasteiger partial charge on any atom is 0.408 e. The molecule has 6 nitrogen and oxygen atoms in total. The molecule has 0 bridgehead atoms. The second kappa shape index (κ2) is 7.25. The first-order valence-corrected chi connectivity index (χ1v) is 7.93. The number of hydrogen-bond acceptors (Lipinski definition) is 3. The van der Waals surface area contributed by atoms with Gasteiger partial charge >= 0.3 is 6.09 Å². The minimum Gasteiger partial charge on any atom is -0.465 e. The SMILES string of the molecule is CC(C)(C)N(Cc1ccc(C(=O)Nc2ccc(N)cc2)cc1)C(=O)O. The summed E-state index contributed by atoms with van der Waals surface area (Å²) in [6.07, 6.45) is -0.974. The fourth-order valence-electron chi connectivity index (χ4n) is 2.31. The van der Waals surface area contributed by atoms with E-state index in [-0.39, 0.29) is 12.5 Å². The van der Waals surface area contributed by atoms with Crippen LogP contribution < -0.4 is 11.1 Å². The van der Waals surface area contributed by atoms with Gasteiger partial charge in [0.1, 0.15) is 0 Å². The van der Waals surface area contributed by atoms with Crippen LogP contribution in [0.5, 0.6) is 0 Å². The number of carbonyl (C=O) groups excluding carboxylic acids is 1. The highest BCUT2D eigenvalue weighted by Gasteiger charge is 2.26. The smallest absolute Gasteiger partial charge is 0.408 e. The molecule has 2 rings (SSSR count). The van der Waals surface area contributed by atoms with Gasteiger partial charge in [-0.3, -0.25) is 9.69 Å². The number of hydrogen-bond donors (Lipinski definition) is 3. The lowest BCUT2D eigenvalue weighted by atomic mass is 10.0. The van der Waals surface area contributed by atoms with Gasteiger partial charge in [-0.15, -0.1) is 0 Å². The highest BCUT2D eigenvalue weighted by Crippen LogP contribution is 2.18. The van der Waals surface area contributed by atoms with Gasteiger partial charge in [-0.25, -0.2) is 4.79 Å². The third kappa shape index (κ3) is 4.97. The fraction of sp³-hybridized carbons (Fsp3) is 0.263. The number of carboxylic acid groups (broad SMARTS) is 1. The molecule has 0 aromatic heterocycles. The number of carbonyl (C=O) groups is 2. The van der Waals surface area contributed by atoms with E-state index in [0.717, 1.165) is 5.56 Å². The molecule has 0 radical (unpaired) electrons. The number of rotatable bonds is 4. The molecule has 0 saturated carbocycles. The van der Waals surface area contributed by atoms with Gasteiger partial charge in [0.2, 0.25) is 0 Å². The summed E-state index contributed by atoms with van der Waals surface area (Å²) >= 11 is 0. The van der Waals surface area contributed by atoms with Crippen molar-refractivity contribution < 1.29 is 14.7 Å². The molecule has 0 unspecified atom stereocenters. The quantitative estimate of drug-likeness (QED) is 0.737. The third-order valence-corrected chi connectivity index (χ3v) is 3.77. The lowest BCUT2D eigenvalue weighted by molar-refractivity contribution is 0.0953. The largest absolute Gasteiger partial charge is 0.465 e. The Labute approximate surface area is 147 Å². The zero-order chi connectivity index (χ0) is 18.6. The van der Waals surface area contributed by atoms with Crippen LogP contribution in [0.15, 0.2) is 48.5 Å². The molecule has 2 aromatic carbocycles. The highest BCUT2D eigenvalue weighted by molar-refractivity contribution is 6.04. The van der Waals surface area contributed by atoms with Crippen LogP contribution in [0, 0.1) is 0 Å². The van der Waals surface area contributed by atoms with Crippen molar-refractivity contribution in [2.75, 3.05) is 11.1 Å². The number of amides is 2. The Morgan fingerprint density at radius 1 is 1.04 bits per heavy atom. The van der Waals surface area contributed by atoms with Crippen molar-refractivity contribution in [1.29, 1.82) is 0 Å². The van der Waals surface area contributed by atoms with E-state index >= 15 is 0 Å². The second-order valence-corrected chi connectivity index (χ2v) is 6.81. The molecule has 25 heavy (non-hydrogen) atoms. The molecule has 4 N–H and O–H groups in total. The van der Waals surface area contributed by atoms with Crippen molar-refractivity contribution in [1.82, 2.24) is 4.90 Å². The normalized spacial score (nSPS) is 11.0. The van der Waals surface area contributed by atoms with Crippen LogP contribution in [0.2, 0.25) is 0 Å². The first-order valence-electron chi connectivity index (χ1n) is 7.93. The lowest BCUT2D eigenvalue weighted by Crippen LogP contribution is -2.44. The monoisotopic (exact) mass is 341 g/mol. The molecule has 2 amide bonds. The van der Waals surface area contributed by atoms with E-state index in [0.29, 0.717) is 16.9 Å². The molecule has 0 aliphatic rings. The van der Waals surface area contributed by atoms with Crippen molar-refractivity contribution in [2.24, 2.45) is 0 Å². The van der Waals surface area contributed by atoms with Gasteiger partial charge in [0.15, 0.2) is 0 Å². The van der Waals surface area contributed by atoms with E-state index in [1.54, 1.807) is 48.5 Å². The lowest BCUT2D eigenvalue weighted by Gasteiger charge is -2.33. The summed E-state index contributed by atoms with van der Waals surface area (Å²) in [5.74, 6) is -0.234. The van der Waals surface area contributed by atoms with E-state index in [9.17, 15) is 14.7 Å². The molecule has 6 heteroatoms. The first-order chi connectivity index (χ1) is 11.7. The minimum atomic E-state index is -0.974. The molecule has 132 valence electrons. The van der Waals surface area contributed by atoms with Gasteiger partial charge in [0.05, 0.1) is 0 Å². The molecule has 0 fully saturated rings. The fourth-order valence-corrected chi connectivity index (χ4v) is 2.31. The predicted octanol–water partition coefficient (Wildman–Crippen LogP) is 3.80. The molecule has 2 aromatic rings. The van der Waals surface area contributed by atoms with Crippen LogP contribution in [0.3, 0.4) is 0 Å². The zero-order valence-electron chi connectivity index (χ0n) is 14.6. The van der Waals surface area contributed by atoms with E-state index in [4.69, 9.17) is 5.73 Å². The van der Waals surface area contributed by atoms with Crippen molar-refractivity contribution in [3.63, 3.8) is 0 Å². The predicted molar refractivity (Wildman–Crippen MR) is 98.6 cm³/mol. The van der Waals surface area contributed by atoms with Crippen LogP contribution in [0.1, 0.15) is 36.7 Å². The number of nitrogens with one attached hydrogen (secondary N) is 1. The molecule has 0 spiro atoms. The van der Waals surface area contributed by atoms with E-state index < -0.39 is 11.6 Å². The maximum absolute atomic E-state index is 12.3. The van der Waals surface area contributed by atoms with E-state index in [1.807, 2.05) is 20.8 Å². The Hall–Kier alpha value is -3.02. The van der Waals surface area contributed by atoms with Gasteiger partial charge in [-0.05, 0) is 62.7 Å². The molecule has 0 aliphatic heterocycles. The van der Waals surface area contributed by atoms with E-state index in [1.165, 1.54) is 4.90 Å². The van der Waals surface area contributed by atoms with Crippen LogP contribution in [0.25, 0.3) is 0 Å². The summed E-state index contributed by atoms with van der Waals surface area (Å²) in [7, 11) is 0. The topological polar surface area (TPSA) is 95.7 Å². The zero-order valence-corrected chi connectivity index (χ0v) is 14.6. The minimum absolute atomic E-state index is 0.234. The van der Waals surface area contributed by atoms with Crippen LogP contribution in [0.4, 0.5) is 16.2 Å². The Bertz CT molecular complexity index is 747. The molecular weight excluding hydrogens is 318 g/mol. The number of nitrogen functional groups attached to an aromatic ring is 1. The van der Waals surface area contributed by atoms with Gasteiger partial charge in [0.25, 0.3) is 5.91 Å². The van der Waals surface area contributed by atoms with Crippen molar-refractivity contribution in [3.05, 3.63) is 59.7 Å². The van der Waals surface area contributed by atoms with Gasteiger partial charge < -0.3 is 16.2 Å². The summed E-state index contributed by atoms with van der Waals surface area (Å²) < 4.78 is 0. The molecule has 0 saturated heterocycles. The Balaban J connectivity index is 2.07. The van der Waals surface area contributed by atoms with Gasteiger partial charge in [-0.2, -0.15) is 0 Å². The second-order valence-electron chi connectivity index (χ2n) is 6.81. The third-order valence-electron chi connectivity index (χ3n) is 3.77. The molecule has 0 aliphatic carbocycles. The maximum atomic E-state index is 12.3. The first kappa shape index (κ1) is 18.3. The van der Waals surface area contributed by atoms with Crippen molar-refractivity contribution >= 4 is 23.4 Å². The average molecular weight is 341 g/mol. The number of anilines is 2. The standard InChI is InChI=1S/C19H23N3O3/c1-19(2,3)22(18(24)25)12-13-4-6-14(7-5-13)17(23)21-16-10-8-15(20)9-11-16/h4-11H,12,20H2,1-3H3,(H,21,23)(H,24,25). The summed E-state index contributed by atoms with van der Waals surface area (Å²) in [4.78, 5) is 25.0. The Morgan fingerprint density at radius 3 is 2.08 bits per heavy atom. The van der Waals surface area contributed by atoms with Gasteiger partial charge in [-0.1, -0.05) is 12.1 Å². The summed E-state index contributed by atoms with van der Waals surface area (Å²) in [5.41, 5.74) is 7.72. The summed E-state index contributed by atoms with van der Waals surface area (Å²) in [6, 6.07) is 13.8. The van der Waals surface area contributed by atoms with Crippen molar-refractivity contribution in [3.8, 4) is 0 Å². The Kier molecular flexibility index (Phi) is 5.32. The average Bonchev–Trinajstić information content (AvgIpc) is 2.54. The van der Waals surface area contributed by atoms with Crippen molar-refractivity contribution in [2.45, 2.75) is 32.9 Å².